The molecule has 0 aliphatic heterocycles. The summed E-state index contributed by atoms with van der Waals surface area (Å²) in [5.74, 6) is 2.38. The largest absolute Gasteiger partial charge is 0.209 e. The predicted molar refractivity (Wildman–Crippen MR) is 248 cm³/mol. The van der Waals surface area contributed by atoms with Crippen LogP contribution in [0.1, 0.15) is 24.7 Å². The van der Waals surface area contributed by atoms with E-state index in [9.17, 15) is 0 Å². The quantitative estimate of drug-likeness (QED) is 0.159. The summed E-state index contributed by atoms with van der Waals surface area (Å²) in [4.78, 5) is 15.6. The first-order valence-corrected chi connectivity index (χ1v) is 20.4. The Morgan fingerprint density at radius 2 is 0.932 bits per heavy atom. The van der Waals surface area contributed by atoms with Gasteiger partial charge in [-0.25, -0.2) is 15.0 Å². The highest BCUT2D eigenvalue weighted by atomic mass is 15.0. The van der Waals surface area contributed by atoms with Gasteiger partial charge in [-0.05, 0) is 113 Å². The molecule has 59 heavy (non-hydrogen) atoms. The van der Waals surface area contributed by atoms with Crippen LogP contribution in [0.15, 0.2) is 200 Å². The van der Waals surface area contributed by atoms with Crippen molar-refractivity contribution in [1.82, 2.24) is 15.0 Å². The molecule has 1 unspecified atom stereocenters. The third-order valence-corrected chi connectivity index (χ3v) is 11.8. The summed E-state index contributed by atoms with van der Waals surface area (Å²) < 4.78 is 0. The van der Waals surface area contributed by atoms with Gasteiger partial charge in [0.15, 0.2) is 17.5 Å². The molecule has 278 valence electrons. The Morgan fingerprint density at radius 3 is 1.64 bits per heavy atom. The fraction of sp³-hybridized carbons (Fsp3) is 0.0536. The van der Waals surface area contributed by atoms with Gasteiger partial charge in [0.1, 0.15) is 0 Å². The van der Waals surface area contributed by atoms with Crippen molar-refractivity contribution in [1.29, 1.82) is 0 Å². The topological polar surface area (TPSA) is 38.7 Å². The number of rotatable bonds is 6. The maximum atomic E-state index is 5.26. The van der Waals surface area contributed by atoms with E-state index in [2.05, 4.69) is 189 Å². The summed E-state index contributed by atoms with van der Waals surface area (Å²) in [5.41, 5.74) is 10.1. The molecule has 0 spiro atoms. The van der Waals surface area contributed by atoms with Crippen molar-refractivity contribution in [3.05, 3.63) is 212 Å². The molecule has 3 heteroatoms. The summed E-state index contributed by atoms with van der Waals surface area (Å²) in [6.07, 6.45) is 5.46. The van der Waals surface area contributed by atoms with E-state index in [1.165, 1.54) is 70.9 Å². The van der Waals surface area contributed by atoms with Gasteiger partial charge in [-0.1, -0.05) is 189 Å². The van der Waals surface area contributed by atoms with Gasteiger partial charge in [-0.2, -0.15) is 0 Å². The van der Waals surface area contributed by atoms with E-state index in [4.69, 9.17) is 15.0 Å². The van der Waals surface area contributed by atoms with Crippen molar-refractivity contribution in [2.75, 3.05) is 0 Å². The summed E-state index contributed by atoms with van der Waals surface area (Å²) in [5, 5.41) is 10.0. The van der Waals surface area contributed by atoms with Crippen molar-refractivity contribution < 1.29 is 0 Å². The van der Waals surface area contributed by atoms with Crippen molar-refractivity contribution >= 4 is 54.2 Å². The molecule has 9 aromatic carbocycles. The summed E-state index contributed by atoms with van der Waals surface area (Å²) in [6.45, 7) is 2.27. The minimum absolute atomic E-state index is 0.338. The molecular formula is C56H39N3. The molecule has 0 amide bonds. The molecule has 11 rings (SSSR count). The van der Waals surface area contributed by atoms with Crippen molar-refractivity contribution in [3.63, 3.8) is 0 Å². The molecule has 0 saturated heterocycles. The zero-order valence-corrected chi connectivity index (χ0v) is 32.7. The first-order valence-electron chi connectivity index (χ1n) is 20.4. The maximum Gasteiger partial charge on any atom is 0.164 e. The summed E-state index contributed by atoms with van der Waals surface area (Å²) >= 11 is 0. The lowest BCUT2D eigenvalue weighted by atomic mass is 9.87. The number of allylic oxidation sites excluding steroid dienone is 4. The Labute approximate surface area is 343 Å². The van der Waals surface area contributed by atoms with Crippen molar-refractivity contribution in [2.45, 2.75) is 13.3 Å². The second-order valence-corrected chi connectivity index (χ2v) is 15.7. The molecule has 0 bridgehead atoms. The first kappa shape index (κ1) is 34.7. The number of fused-ring (bicyclic) bond motifs is 7. The molecule has 1 aliphatic rings. The van der Waals surface area contributed by atoms with Crippen LogP contribution >= 0.6 is 0 Å². The average Bonchev–Trinajstić information content (AvgIpc) is 3.31. The van der Waals surface area contributed by atoms with Crippen LogP contribution in [0, 0.1) is 5.92 Å². The molecule has 1 heterocycles. The highest BCUT2D eigenvalue weighted by Gasteiger charge is 2.21. The minimum Gasteiger partial charge on any atom is -0.209 e. The van der Waals surface area contributed by atoms with Crippen LogP contribution < -0.4 is 0 Å². The van der Waals surface area contributed by atoms with Crippen LogP contribution in [-0.2, 0) is 0 Å². The Kier molecular flexibility index (Phi) is 8.52. The fourth-order valence-corrected chi connectivity index (χ4v) is 9.05. The second-order valence-electron chi connectivity index (χ2n) is 15.7. The van der Waals surface area contributed by atoms with Crippen LogP contribution in [-0.4, -0.2) is 15.0 Å². The Balaban J connectivity index is 1.09. The molecule has 1 aromatic heterocycles. The number of hydrogen-bond acceptors (Lipinski definition) is 3. The monoisotopic (exact) mass is 753 g/mol. The molecule has 0 N–H and O–H groups in total. The van der Waals surface area contributed by atoms with Gasteiger partial charge >= 0.3 is 0 Å². The van der Waals surface area contributed by atoms with E-state index in [0.29, 0.717) is 17.6 Å². The Morgan fingerprint density at radius 1 is 0.390 bits per heavy atom. The van der Waals surface area contributed by atoms with Crippen LogP contribution in [0.4, 0.5) is 0 Å². The van der Waals surface area contributed by atoms with Gasteiger partial charge in [0.25, 0.3) is 0 Å². The van der Waals surface area contributed by atoms with E-state index in [-0.39, 0.29) is 0 Å². The standard InChI is InChI=1S/C56H39N3/c1-36-31-43(37-15-4-2-5-16-37)34-44(32-36)56-58-54(39-18-6-3-7-19-39)57-55(59-56)42-21-14-20-41(33-42)53-45-22-9-8-17-38(45)27-29-46(53)40-28-30-51-49-25-11-10-23-47(49)48-24-12-13-26-50(48)52(51)35-40/h2-31,33-36H,32H2,1H3. The molecular weight excluding hydrogens is 715 g/mol. The smallest absolute Gasteiger partial charge is 0.164 e. The molecule has 0 radical (unpaired) electrons. The van der Waals surface area contributed by atoms with Crippen LogP contribution in [0.3, 0.4) is 0 Å². The van der Waals surface area contributed by atoms with Gasteiger partial charge in [-0.3, -0.25) is 0 Å². The third-order valence-electron chi connectivity index (χ3n) is 11.8. The number of nitrogens with zero attached hydrogens (tertiary/aromatic N) is 3. The van der Waals surface area contributed by atoms with Crippen LogP contribution in [0.5, 0.6) is 0 Å². The van der Waals surface area contributed by atoms with E-state index < -0.39 is 0 Å². The third kappa shape index (κ3) is 6.29. The second kappa shape index (κ2) is 14.5. The van der Waals surface area contributed by atoms with Gasteiger partial charge in [0.05, 0.1) is 0 Å². The van der Waals surface area contributed by atoms with Crippen molar-refractivity contribution in [2.24, 2.45) is 5.92 Å². The summed E-state index contributed by atoms with van der Waals surface area (Å²) in [6, 6.07) is 67.4. The highest BCUT2D eigenvalue weighted by Crippen LogP contribution is 2.43. The number of benzene rings is 9. The number of aromatic nitrogens is 3. The van der Waals surface area contributed by atoms with Gasteiger partial charge in [0, 0.05) is 11.1 Å². The van der Waals surface area contributed by atoms with Crippen LogP contribution in [0.2, 0.25) is 0 Å². The Bertz CT molecular complexity index is 3270. The van der Waals surface area contributed by atoms with Gasteiger partial charge < -0.3 is 0 Å². The lowest BCUT2D eigenvalue weighted by Crippen LogP contribution is -2.07. The predicted octanol–water partition coefficient (Wildman–Crippen LogP) is 14.7. The molecule has 3 nitrogen and oxygen atoms in total. The minimum atomic E-state index is 0.338. The highest BCUT2D eigenvalue weighted by molar-refractivity contribution is 6.26. The molecule has 1 aliphatic carbocycles. The molecule has 0 fully saturated rings. The van der Waals surface area contributed by atoms with Gasteiger partial charge in [0.2, 0.25) is 0 Å². The lowest BCUT2D eigenvalue weighted by molar-refractivity contribution is 0.745. The molecule has 1 atom stereocenters. The Hall–Kier alpha value is -7.49. The normalized spacial score (nSPS) is 14.2. The van der Waals surface area contributed by atoms with Crippen LogP contribution in [0.25, 0.3) is 99.3 Å². The number of hydrogen-bond donors (Lipinski definition) is 0. The zero-order chi connectivity index (χ0) is 39.3. The van der Waals surface area contributed by atoms with Gasteiger partial charge in [-0.15, -0.1) is 0 Å². The van der Waals surface area contributed by atoms with E-state index in [1.807, 2.05) is 18.2 Å². The molecule has 0 saturated carbocycles. The van der Waals surface area contributed by atoms with E-state index in [1.54, 1.807) is 0 Å². The van der Waals surface area contributed by atoms with E-state index in [0.717, 1.165) is 34.5 Å². The molecule has 10 aromatic rings. The maximum absolute atomic E-state index is 5.26. The van der Waals surface area contributed by atoms with Crippen molar-refractivity contribution in [3.8, 4) is 45.0 Å². The SMILES string of the molecule is CC1C=C(c2ccccc2)C=C(c2nc(-c3ccccc3)nc(-c3cccc(-c4c(-c5ccc6c7ccccc7c7ccccc7c6c5)ccc5ccccc45)c3)n2)C1. The fourth-order valence-electron chi connectivity index (χ4n) is 9.05. The first-order chi connectivity index (χ1) is 29.1. The summed E-state index contributed by atoms with van der Waals surface area (Å²) in [7, 11) is 0. The van der Waals surface area contributed by atoms with E-state index >= 15 is 0 Å². The lowest BCUT2D eigenvalue weighted by Gasteiger charge is -2.19. The average molecular weight is 754 g/mol. The zero-order valence-electron chi connectivity index (χ0n) is 32.7.